The fourth-order valence-electron chi connectivity index (χ4n) is 1.87. The molecule has 2 atom stereocenters. The molecule has 0 saturated carbocycles. The van der Waals surface area contributed by atoms with E-state index in [1.807, 2.05) is 14.1 Å². The van der Waals surface area contributed by atoms with E-state index >= 15 is 0 Å². The monoisotopic (exact) mass is 282 g/mol. The van der Waals surface area contributed by atoms with Gasteiger partial charge in [0.05, 0.1) is 17.2 Å². The Labute approximate surface area is 118 Å². The summed E-state index contributed by atoms with van der Waals surface area (Å²) < 4.78 is 5.34. The number of nitro groups is 1. The second kappa shape index (κ2) is 7.04. The van der Waals surface area contributed by atoms with Gasteiger partial charge in [0.2, 0.25) is 6.04 Å². The third-order valence-corrected chi connectivity index (χ3v) is 3.48. The van der Waals surface area contributed by atoms with Crippen LogP contribution < -0.4 is 0 Å². The third-order valence-electron chi connectivity index (χ3n) is 2.95. The molecule has 5 nitrogen and oxygen atoms in total. The molecule has 0 aliphatic carbocycles. The second-order valence-corrected chi connectivity index (χ2v) is 4.96. The van der Waals surface area contributed by atoms with E-state index < -0.39 is 6.04 Å². The van der Waals surface area contributed by atoms with Crippen molar-refractivity contribution in [1.82, 2.24) is 4.90 Å². The van der Waals surface area contributed by atoms with Gasteiger partial charge >= 0.3 is 0 Å². The maximum atomic E-state index is 11.2. The second-order valence-electron chi connectivity index (χ2n) is 4.49. The molecule has 1 aromatic rings. The molecule has 0 unspecified atom stereocenters. The van der Waals surface area contributed by atoms with E-state index in [1.54, 1.807) is 23.1 Å². The molecule has 0 amide bonds. The van der Waals surface area contributed by atoms with Crippen LogP contribution in [0.15, 0.2) is 35.5 Å². The lowest BCUT2D eigenvalue weighted by Crippen LogP contribution is -2.31. The Hall–Kier alpha value is -1.69. The van der Waals surface area contributed by atoms with Crippen LogP contribution in [0.2, 0.25) is 0 Å². The third kappa shape index (κ3) is 4.17. The SMILES string of the molecule is C=CC[C@@H]([C@H](CC(=S)N(C)C)c1ccco1)[N+](=O)[O-]. The van der Waals surface area contributed by atoms with Crippen LogP contribution in [0.1, 0.15) is 24.5 Å². The Bertz CT molecular complexity index is 443. The summed E-state index contributed by atoms with van der Waals surface area (Å²) in [7, 11) is 3.66. The predicted octanol–water partition coefficient (Wildman–Crippen LogP) is 2.86. The van der Waals surface area contributed by atoms with Crippen molar-refractivity contribution in [3.8, 4) is 0 Å². The van der Waals surface area contributed by atoms with Crippen LogP contribution in [0.5, 0.6) is 0 Å². The Morgan fingerprint density at radius 3 is 2.79 bits per heavy atom. The largest absolute Gasteiger partial charge is 0.469 e. The van der Waals surface area contributed by atoms with Crippen molar-refractivity contribution in [3.63, 3.8) is 0 Å². The molecule has 0 aliphatic heterocycles. The van der Waals surface area contributed by atoms with Crippen LogP contribution >= 0.6 is 12.2 Å². The number of furan rings is 1. The molecule has 0 bridgehead atoms. The molecule has 0 spiro atoms. The number of rotatable bonds is 7. The number of nitrogens with zero attached hydrogens (tertiary/aromatic N) is 2. The van der Waals surface area contributed by atoms with Crippen molar-refractivity contribution in [1.29, 1.82) is 0 Å². The van der Waals surface area contributed by atoms with E-state index in [9.17, 15) is 10.1 Å². The molecule has 1 aromatic heterocycles. The highest BCUT2D eigenvalue weighted by Gasteiger charge is 2.34. The van der Waals surface area contributed by atoms with Crippen molar-refractivity contribution in [2.75, 3.05) is 14.1 Å². The first-order chi connectivity index (χ1) is 8.97. The van der Waals surface area contributed by atoms with Gasteiger partial charge in [-0.25, -0.2) is 0 Å². The normalized spacial score (nSPS) is 13.6. The summed E-state index contributed by atoms with van der Waals surface area (Å²) in [6.07, 6.45) is 3.78. The molecule has 0 aromatic carbocycles. The van der Waals surface area contributed by atoms with Crippen molar-refractivity contribution in [2.45, 2.75) is 24.8 Å². The summed E-state index contributed by atoms with van der Waals surface area (Å²) in [5.41, 5.74) is 0. The highest BCUT2D eigenvalue weighted by molar-refractivity contribution is 7.80. The summed E-state index contributed by atoms with van der Waals surface area (Å²) >= 11 is 5.25. The number of hydrogen-bond donors (Lipinski definition) is 0. The van der Waals surface area contributed by atoms with Gasteiger partial charge in [-0.1, -0.05) is 18.3 Å². The van der Waals surface area contributed by atoms with Gasteiger partial charge in [0.1, 0.15) is 5.76 Å². The van der Waals surface area contributed by atoms with Crippen LogP contribution in [-0.4, -0.2) is 34.9 Å². The minimum atomic E-state index is -0.776. The minimum Gasteiger partial charge on any atom is -0.469 e. The average molecular weight is 282 g/mol. The molecule has 1 heterocycles. The van der Waals surface area contributed by atoms with Crippen molar-refractivity contribution >= 4 is 17.2 Å². The zero-order valence-corrected chi connectivity index (χ0v) is 11.9. The smallest absolute Gasteiger partial charge is 0.226 e. The van der Waals surface area contributed by atoms with Gasteiger partial charge in [-0.3, -0.25) is 10.1 Å². The molecular weight excluding hydrogens is 264 g/mol. The topological polar surface area (TPSA) is 59.5 Å². The van der Waals surface area contributed by atoms with Gasteiger partial charge in [0, 0.05) is 31.9 Å². The fraction of sp³-hybridized carbons (Fsp3) is 0.462. The van der Waals surface area contributed by atoms with Crippen LogP contribution in [0.25, 0.3) is 0 Å². The maximum Gasteiger partial charge on any atom is 0.226 e. The van der Waals surface area contributed by atoms with E-state index in [-0.39, 0.29) is 17.3 Å². The molecule has 0 N–H and O–H groups in total. The molecule has 1 rings (SSSR count). The van der Waals surface area contributed by atoms with Crippen LogP contribution in [0.3, 0.4) is 0 Å². The maximum absolute atomic E-state index is 11.2. The molecule has 0 fully saturated rings. The van der Waals surface area contributed by atoms with Gasteiger partial charge in [-0.05, 0) is 12.1 Å². The van der Waals surface area contributed by atoms with E-state index in [1.165, 1.54) is 6.26 Å². The first kappa shape index (κ1) is 15.4. The standard InChI is InChI=1S/C13H18N2O3S/c1-4-6-11(15(16)17)10(9-13(19)14(2)3)12-7-5-8-18-12/h4-5,7-8,10-11H,1,6,9H2,2-3H3/t10-,11-/m0/s1. The lowest BCUT2D eigenvalue weighted by molar-refractivity contribution is -0.526. The molecule has 0 aliphatic rings. The lowest BCUT2D eigenvalue weighted by atomic mass is 9.91. The van der Waals surface area contributed by atoms with Crippen LogP contribution in [0.4, 0.5) is 0 Å². The molecular formula is C13H18N2O3S. The van der Waals surface area contributed by atoms with Crippen molar-refractivity contribution in [3.05, 3.63) is 46.9 Å². The van der Waals surface area contributed by atoms with E-state index in [2.05, 4.69) is 6.58 Å². The van der Waals surface area contributed by atoms with Crippen LogP contribution in [-0.2, 0) is 0 Å². The van der Waals surface area contributed by atoms with Gasteiger partial charge in [-0.15, -0.1) is 6.58 Å². The average Bonchev–Trinajstić information content (AvgIpc) is 2.86. The highest BCUT2D eigenvalue weighted by Crippen LogP contribution is 2.29. The molecule has 104 valence electrons. The molecule has 0 saturated heterocycles. The van der Waals surface area contributed by atoms with Gasteiger partial charge in [0.25, 0.3) is 0 Å². The van der Waals surface area contributed by atoms with Crippen LogP contribution in [0, 0.1) is 10.1 Å². The highest BCUT2D eigenvalue weighted by atomic mass is 32.1. The molecule has 6 heteroatoms. The Morgan fingerprint density at radius 1 is 1.68 bits per heavy atom. The van der Waals surface area contributed by atoms with Gasteiger partial charge < -0.3 is 9.32 Å². The fourth-order valence-corrected chi connectivity index (χ4v) is 2.05. The quantitative estimate of drug-likeness (QED) is 0.333. The summed E-state index contributed by atoms with van der Waals surface area (Å²) in [6.45, 7) is 3.58. The Balaban J connectivity index is 3.00. The first-order valence-electron chi connectivity index (χ1n) is 5.95. The number of hydrogen-bond acceptors (Lipinski definition) is 4. The zero-order chi connectivity index (χ0) is 14.4. The van der Waals surface area contributed by atoms with E-state index in [0.717, 1.165) is 0 Å². The minimum absolute atomic E-state index is 0.285. The predicted molar refractivity (Wildman–Crippen MR) is 77.9 cm³/mol. The Morgan fingerprint density at radius 2 is 2.37 bits per heavy atom. The lowest BCUT2D eigenvalue weighted by Gasteiger charge is -2.21. The van der Waals surface area contributed by atoms with Gasteiger partial charge in [0.15, 0.2) is 0 Å². The van der Waals surface area contributed by atoms with Crippen molar-refractivity contribution in [2.24, 2.45) is 0 Å². The number of thiocarbonyl (C=S) groups is 1. The summed E-state index contributed by atoms with van der Waals surface area (Å²) in [6, 6.07) is 2.70. The summed E-state index contributed by atoms with van der Waals surface area (Å²) in [5, 5.41) is 11.2. The Kier molecular flexibility index (Phi) is 5.69. The summed E-state index contributed by atoms with van der Waals surface area (Å²) in [4.78, 5) is 13.4. The zero-order valence-electron chi connectivity index (χ0n) is 11.1. The van der Waals surface area contributed by atoms with E-state index in [0.29, 0.717) is 17.2 Å². The van der Waals surface area contributed by atoms with Gasteiger partial charge in [-0.2, -0.15) is 0 Å². The molecule has 19 heavy (non-hydrogen) atoms. The first-order valence-corrected chi connectivity index (χ1v) is 6.36. The molecule has 0 radical (unpaired) electrons. The summed E-state index contributed by atoms with van der Waals surface area (Å²) in [5.74, 6) is 0.214. The van der Waals surface area contributed by atoms with Crippen molar-refractivity contribution < 1.29 is 9.34 Å². The van der Waals surface area contributed by atoms with E-state index in [4.69, 9.17) is 16.6 Å².